The Balaban J connectivity index is 1.84. The van der Waals surface area contributed by atoms with Gasteiger partial charge in [0.15, 0.2) is 0 Å². The number of hydrogen-bond acceptors (Lipinski definition) is 3. The summed E-state index contributed by atoms with van der Waals surface area (Å²) in [6, 6.07) is 12.4. The van der Waals surface area contributed by atoms with Crippen LogP contribution in [0.2, 0.25) is 5.02 Å². The van der Waals surface area contributed by atoms with Gasteiger partial charge in [0.2, 0.25) is 0 Å². The predicted octanol–water partition coefficient (Wildman–Crippen LogP) is 4.29. The minimum absolute atomic E-state index is 0.187. The van der Waals surface area contributed by atoms with Crippen molar-refractivity contribution in [3.63, 3.8) is 0 Å². The Morgan fingerprint density at radius 1 is 1.23 bits per heavy atom. The third-order valence-electron chi connectivity index (χ3n) is 4.24. The summed E-state index contributed by atoms with van der Waals surface area (Å²) in [5.74, 6) is -0.871. The van der Waals surface area contributed by atoms with E-state index in [0.29, 0.717) is 12.8 Å². The molecule has 0 saturated carbocycles. The zero-order valence-corrected chi connectivity index (χ0v) is 13.7. The van der Waals surface area contributed by atoms with Crippen molar-refractivity contribution in [3.8, 4) is 0 Å². The van der Waals surface area contributed by atoms with Crippen molar-refractivity contribution in [1.82, 2.24) is 4.90 Å². The second-order valence-corrected chi connectivity index (χ2v) is 7.03. The molecule has 1 atom stereocenters. The Morgan fingerprint density at radius 3 is 2.45 bits per heavy atom. The molecule has 0 radical (unpaired) electrons. The average molecular weight is 336 g/mol. The summed E-state index contributed by atoms with van der Waals surface area (Å²) in [7, 11) is 0. The fourth-order valence-electron chi connectivity index (χ4n) is 3.05. The van der Waals surface area contributed by atoms with Crippen LogP contribution >= 0.6 is 22.9 Å². The standard InChI is InChI=1S/C17H18ClNO2S/c18-14-5-3-12(4-6-14)16(15-2-1-11-22-15)19-9-7-13(8-10-19)17(20)21/h1-6,11,13,16H,7-10H2,(H,20,21). The van der Waals surface area contributed by atoms with Crippen LogP contribution in [0.3, 0.4) is 0 Å². The molecule has 116 valence electrons. The molecule has 0 aliphatic carbocycles. The van der Waals surface area contributed by atoms with Gasteiger partial charge in [0, 0.05) is 9.90 Å². The van der Waals surface area contributed by atoms with Gasteiger partial charge >= 0.3 is 5.97 Å². The van der Waals surface area contributed by atoms with Crippen LogP contribution in [0.4, 0.5) is 0 Å². The molecule has 1 aliphatic rings. The number of thiophene rings is 1. The molecule has 3 rings (SSSR count). The molecule has 5 heteroatoms. The molecule has 2 heterocycles. The molecule has 1 fully saturated rings. The van der Waals surface area contributed by atoms with E-state index in [9.17, 15) is 4.79 Å². The van der Waals surface area contributed by atoms with Gasteiger partial charge in [-0.05, 0) is 55.1 Å². The zero-order valence-electron chi connectivity index (χ0n) is 12.1. The Morgan fingerprint density at radius 2 is 1.91 bits per heavy atom. The topological polar surface area (TPSA) is 40.5 Å². The molecular formula is C17H18ClNO2S. The smallest absolute Gasteiger partial charge is 0.306 e. The summed E-state index contributed by atoms with van der Waals surface area (Å²) in [5, 5.41) is 12.0. The molecule has 1 saturated heterocycles. The molecule has 0 bridgehead atoms. The van der Waals surface area contributed by atoms with E-state index < -0.39 is 5.97 Å². The SMILES string of the molecule is O=C(O)C1CCN(C(c2ccc(Cl)cc2)c2cccs2)CC1. The van der Waals surface area contributed by atoms with Gasteiger partial charge in [0.25, 0.3) is 0 Å². The van der Waals surface area contributed by atoms with Gasteiger partial charge in [-0.3, -0.25) is 9.69 Å². The lowest BCUT2D eigenvalue weighted by Gasteiger charge is -2.36. The van der Waals surface area contributed by atoms with Crippen molar-refractivity contribution in [3.05, 3.63) is 57.2 Å². The maximum atomic E-state index is 11.1. The quantitative estimate of drug-likeness (QED) is 0.906. The summed E-state index contributed by atoms with van der Waals surface area (Å²) >= 11 is 7.74. The van der Waals surface area contributed by atoms with Gasteiger partial charge in [-0.25, -0.2) is 0 Å². The van der Waals surface area contributed by atoms with Crippen LogP contribution in [-0.4, -0.2) is 29.1 Å². The van der Waals surface area contributed by atoms with E-state index in [-0.39, 0.29) is 12.0 Å². The maximum Gasteiger partial charge on any atom is 0.306 e. The number of likely N-dealkylation sites (tertiary alicyclic amines) is 1. The van der Waals surface area contributed by atoms with Gasteiger partial charge in [-0.1, -0.05) is 29.8 Å². The van der Waals surface area contributed by atoms with Gasteiger partial charge in [0.1, 0.15) is 0 Å². The number of nitrogens with zero attached hydrogens (tertiary/aromatic N) is 1. The highest BCUT2D eigenvalue weighted by Crippen LogP contribution is 2.35. The van der Waals surface area contributed by atoms with Crippen LogP contribution in [-0.2, 0) is 4.79 Å². The van der Waals surface area contributed by atoms with E-state index in [4.69, 9.17) is 16.7 Å². The Hall–Kier alpha value is -1.36. The van der Waals surface area contributed by atoms with Crippen molar-refractivity contribution >= 4 is 28.9 Å². The Labute approximate surface area is 139 Å². The summed E-state index contributed by atoms with van der Waals surface area (Å²) in [6.07, 6.45) is 1.43. The summed E-state index contributed by atoms with van der Waals surface area (Å²) < 4.78 is 0. The van der Waals surface area contributed by atoms with Crippen LogP contribution in [0.15, 0.2) is 41.8 Å². The van der Waals surface area contributed by atoms with Gasteiger partial charge in [-0.15, -0.1) is 11.3 Å². The Bertz CT molecular complexity index is 619. The number of piperidine rings is 1. The highest BCUT2D eigenvalue weighted by atomic mass is 35.5. The number of carboxylic acid groups (broad SMARTS) is 1. The molecule has 0 spiro atoms. The number of carbonyl (C=O) groups is 1. The summed E-state index contributed by atoms with van der Waals surface area (Å²) in [4.78, 5) is 14.8. The first-order valence-electron chi connectivity index (χ1n) is 7.41. The van der Waals surface area contributed by atoms with Crippen LogP contribution in [0.5, 0.6) is 0 Å². The molecule has 1 aromatic heterocycles. The molecule has 1 N–H and O–H groups in total. The first-order chi connectivity index (χ1) is 10.6. The van der Waals surface area contributed by atoms with E-state index in [1.807, 2.05) is 12.1 Å². The van der Waals surface area contributed by atoms with Crippen LogP contribution in [0.1, 0.15) is 29.3 Å². The van der Waals surface area contributed by atoms with E-state index in [1.165, 1.54) is 10.4 Å². The molecule has 2 aromatic rings. The lowest BCUT2D eigenvalue weighted by atomic mass is 9.94. The normalized spacial score (nSPS) is 18.2. The predicted molar refractivity (Wildman–Crippen MR) is 89.5 cm³/mol. The first kappa shape index (κ1) is 15.5. The van der Waals surface area contributed by atoms with Gasteiger partial charge < -0.3 is 5.11 Å². The second-order valence-electron chi connectivity index (χ2n) is 5.62. The number of rotatable bonds is 4. The molecule has 0 amide bonds. The van der Waals surface area contributed by atoms with Crippen LogP contribution in [0, 0.1) is 5.92 Å². The van der Waals surface area contributed by atoms with Crippen molar-refractivity contribution in [2.24, 2.45) is 5.92 Å². The van der Waals surface area contributed by atoms with Gasteiger partial charge in [0.05, 0.1) is 12.0 Å². The maximum absolute atomic E-state index is 11.1. The third-order valence-corrected chi connectivity index (χ3v) is 5.42. The second kappa shape index (κ2) is 6.82. The summed E-state index contributed by atoms with van der Waals surface area (Å²) in [5.41, 5.74) is 1.21. The van der Waals surface area contributed by atoms with Gasteiger partial charge in [-0.2, -0.15) is 0 Å². The Kier molecular flexibility index (Phi) is 4.81. The lowest BCUT2D eigenvalue weighted by Crippen LogP contribution is -2.38. The first-order valence-corrected chi connectivity index (χ1v) is 8.66. The van der Waals surface area contributed by atoms with Crippen molar-refractivity contribution in [1.29, 1.82) is 0 Å². The highest BCUT2D eigenvalue weighted by Gasteiger charge is 2.30. The minimum atomic E-state index is -0.668. The highest BCUT2D eigenvalue weighted by molar-refractivity contribution is 7.10. The number of halogens is 1. The van der Waals surface area contributed by atoms with E-state index >= 15 is 0 Å². The lowest BCUT2D eigenvalue weighted by molar-refractivity contribution is -0.143. The minimum Gasteiger partial charge on any atom is -0.481 e. The average Bonchev–Trinajstić information content (AvgIpc) is 3.04. The largest absolute Gasteiger partial charge is 0.481 e. The molecule has 22 heavy (non-hydrogen) atoms. The zero-order chi connectivity index (χ0) is 15.5. The van der Waals surface area contributed by atoms with E-state index in [2.05, 4.69) is 34.5 Å². The third kappa shape index (κ3) is 3.35. The van der Waals surface area contributed by atoms with Crippen LogP contribution < -0.4 is 0 Å². The molecule has 1 aromatic carbocycles. The number of hydrogen-bond donors (Lipinski definition) is 1. The summed E-state index contributed by atoms with van der Waals surface area (Å²) in [6.45, 7) is 1.62. The number of benzene rings is 1. The molecule has 1 unspecified atom stereocenters. The van der Waals surface area contributed by atoms with E-state index in [0.717, 1.165) is 18.1 Å². The molecular weight excluding hydrogens is 318 g/mol. The van der Waals surface area contributed by atoms with E-state index in [1.54, 1.807) is 11.3 Å². The molecule has 3 nitrogen and oxygen atoms in total. The fraction of sp³-hybridized carbons (Fsp3) is 0.353. The van der Waals surface area contributed by atoms with Crippen molar-refractivity contribution in [2.45, 2.75) is 18.9 Å². The molecule has 1 aliphatic heterocycles. The van der Waals surface area contributed by atoms with Crippen molar-refractivity contribution < 1.29 is 9.90 Å². The van der Waals surface area contributed by atoms with Crippen molar-refractivity contribution in [2.75, 3.05) is 13.1 Å². The monoisotopic (exact) mass is 335 g/mol. The number of aliphatic carboxylic acids is 1. The van der Waals surface area contributed by atoms with Crippen LogP contribution in [0.25, 0.3) is 0 Å². The fourth-order valence-corrected chi connectivity index (χ4v) is 4.06. The number of carboxylic acids is 1.